The molecule has 1 amide bonds. The molecule has 1 aliphatic carbocycles. The number of fused-ring (bicyclic) bond motifs is 1. The van der Waals surface area contributed by atoms with Crippen LogP contribution in [0.25, 0.3) is 11.3 Å². The number of H-pyrrole nitrogens is 1. The highest BCUT2D eigenvalue weighted by Gasteiger charge is 2.35. The Labute approximate surface area is 194 Å². The van der Waals surface area contributed by atoms with Crippen LogP contribution in [-0.2, 0) is 11.2 Å². The first-order chi connectivity index (χ1) is 15.9. The summed E-state index contributed by atoms with van der Waals surface area (Å²) in [4.78, 5) is 25.9. The van der Waals surface area contributed by atoms with Gasteiger partial charge in [0.15, 0.2) is 0 Å². The molecule has 8 heteroatoms. The Hall–Kier alpha value is -3.42. The van der Waals surface area contributed by atoms with Gasteiger partial charge in [-0.3, -0.25) is 9.89 Å². The van der Waals surface area contributed by atoms with Crippen LogP contribution in [0.4, 0.5) is 23.0 Å². The smallest absolute Gasteiger partial charge is 0.249 e. The summed E-state index contributed by atoms with van der Waals surface area (Å²) < 4.78 is 0. The average molecular weight is 446 g/mol. The number of hydrogen-bond acceptors (Lipinski definition) is 6. The van der Waals surface area contributed by atoms with E-state index in [4.69, 9.17) is 4.98 Å². The zero-order chi connectivity index (χ0) is 23.3. The molecule has 5 rings (SSSR count). The molecule has 33 heavy (non-hydrogen) atoms. The molecule has 2 aromatic heterocycles. The summed E-state index contributed by atoms with van der Waals surface area (Å²) in [6.45, 7) is 8.31. The van der Waals surface area contributed by atoms with Gasteiger partial charge in [-0.15, -0.1) is 0 Å². The van der Waals surface area contributed by atoms with Crippen LogP contribution in [0.5, 0.6) is 0 Å². The molecule has 172 valence electrons. The Kier molecular flexibility index (Phi) is 5.31. The minimum Gasteiger partial charge on any atom is -0.356 e. The molecule has 1 aromatic carbocycles. The summed E-state index contributed by atoms with van der Waals surface area (Å²) in [7, 11) is 1.84. The van der Waals surface area contributed by atoms with Crippen LogP contribution in [0.1, 0.15) is 57.8 Å². The van der Waals surface area contributed by atoms with E-state index in [1.165, 1.54) is 12.8 Å². The van der Waals surface area contributed by atoms with Gasteiger partial charge in [0.05, 0.1) is 22.8 Å². The molecular weight excluding hydrogens is 414 g/mol. The van der Waals surface area contributed by atoms with Crippen molar-refractivity contribution in [3.63, 3.8) is 0 Å². The number of hydrogen-bond donors (Lipinski definition) is 2. The predicted molar refractivity (Wildman–Crippen MR) is 131 cm³/mol. The standard InChI is InChI=1S/C25H31N7O/c1-6-18-22(23(30-29-18)16-7-8-16)19-11-12-26-25(28-19)27-17-9-10-20-21(13-17)32(14(2)3)15(4)24(33)31(20)5/h9-16H,6-8H2,1-5H3,(H,29,30)(H,26,27,28). The lowest BCUT2D eigenvalue weighted by molar-refractivity contribution is -0.119. The van der Waals surface area contributed by atoms with Gasteiger partial charge in [0, 0.05) is 42.1 Å². The highest BCUT2D eigenvalue weighted by Crippen LogP contribution is 2.44. The molecule has 8 nitrogen and oxygen atoms in total. The second-order valence-electron chi connectivity index (χ2n) is 9.26. The second kappa shape index (κ2) is 8.17. The van der Waals surface area contributed by atoms with E-state index in [1.807, 2.05) is 32.2 Å². The van der Waals surface area contributed by atoms with E-state index in [9.17, 15) is 4.79 Å². The SMILES string of the molecule is CCc1[nH]nc(C2CC2)c1-c1ccnc(Nc2ccc3c(c2)N(C(C)C)C(C)C(=O)N3C)n1. The Morgan fingerprint density at radius 1 is 1.21 bits per heavy atom. The van der Waals surface area contributed by atoms with Crippen LogP contribution in [-0.4, -0.2) is 45.2 Å². The number of carbonyl (C=O) groups excluding carboxylic acids is 1. The highest BCUT2D eigenvalue weighted by molar-refractivity contribution is 6.05. The molecule has 0 spiro atoms. The molecule has 1 unspecified atom stereocenters. The quantitative estimate of drug-likeness (QED) is 0.575. The summed E-state index contributed by atoms with van der Waals surface area (Å²) >= 11 is 0. The fraction of sp³-hybridized carbons (Fsp3) is 0.440. The number of benzene rings is 1. The molecule has 1 fully saturated rings. The van der Waals surface area contributed by atoms with Crippen LogP contribution < -0.4 is 15.1 Å². The molecule has 0 saturated heterocycles. The summed E-state index contributed by atoms with van der Waals surface area (Å²) in [6.07, 6.45) is 5.05. The lowest BCUT2D eigenvalue weighted by atomic mass is 10.0. The van der Waals surface area contributed by atoms with Gasteiger partial charge >= 0.3 is 0 Å². The van der Waals surface area contributed by atoms with Crippen molar-refractivity contribution >= 4 is 28.9 Å². The number of aromatic nitrogens is 4. The van der Waals surface area contributed by atoms with Gasteiger partial charge in [-0.1, -0.05) is 6.92 Å². The molecule has 2 aliphatic rings. The summed E-state index contributed by atoms with van der Waals surface area (Å²) in [5.74, 6) is 1.18. The van der Waals surface area contributed by atoms with Crippen molar-refractivity contribution in [2.75, 3.05) is 22.2 Å². The van der Waals surface area contributed by atoms with Crippen LogP contribution in [0.2, 0.25) is 0 Å². The van der Waals surface area contributed by atoms with E-state index in [1.54, 1.807) is 11.1 Å². The number of carbonyl (C=O) groups is 1. The largest absolute Gasteiger partial charge is 0.356 e. The molecule has 1 aliphatic heterocycles. The van der Waals surface area contributed by atoms with Crippen molar-refractivity contribution in [3.8, 4) is 11.3 Å². The third-order valence-electron chi connectivity index (χ3n) is 6.63. The number of rotatable bonds is 6. The minimum atomic E-state index is -0.216. The van der Waals surface area contributed by atoms with E-state index in [0.717, 1.165) is 46.1 Å². The van der Waals surface area contributed by atoms with Gasteiger partial charge in [-0.25, -0.2) is 9.97 Å². The highest BCUT2D eigenvalue weighted by atomic mass is 16.2. The maximum atomic E-state index is 12.7. The molecular formula is C25H31N7O. The lowest BCUT2D eigenvalue weighted by Crippen LogP contribution is -2.53. The van der Waals surface area contributed by atoms with E-state index >= 15 is 0 Å². The van der Waals surface area contributed by atoms with E-state index in [2.05, 4.69) is 52.2 Å². The molecule has 3 aromatic rings. The van der Waals surface area contributed by atoms with E-state index in [0.29, 0.717) is 11.9 Å². The second-order valence-corrected chi connectivity index (χ2v) is 9.26. The summed E-state index contributed by atoms with van der Waals surface area (Å²) in [5, 5.41) is 11.2. The van der Waals surface area contributed by atoms with Gasteiger partial charge in [0.1, 0.15) is 6.04 Å². The van der Waals surface area contributed by atoms with Gasteiger partial charge in [0.2, 0.25) is 11.9 Å². The third-order valence-corrected chi connectivity index (χ3v) is 6.63. The Balaban J connectivity index is 1.48. The van der Waals surface area contributed by atoms with Crippen molar-refractivity contribution in [1.82, 2.24) is 20.2 Å². The van der Waals surface area contributed by atoms with Gasteiger partial charge < -0.3 is 15.1 Å². The minimum absolute atomic E-state index is 0.103. The normalized spacial score (nSPS) is 18.1. The first-order valence-electron chi connectivity index (χ1n) is 11.8. The van der Waals surface area contributed by atoms with Crippen molar-refractivity contribution in [1.29, 1.82) is 0 Å². The number of likely N-dealkylation sites (N-methyl/N-ethyl adjacent to an activating group) is 1. The maximum absolute atomic E-state index is 12.7. The zero-order valence-electron chi connectivity index (χ0n) is 19.9. The van der Waals surface area contributed by atoms with Crippen LogP contribution in [0.15, 0.2) is 30.5 Å². The Morgan fingerprint density at radius 2 is 2.00 bits per heavy atom. The van der Waals surface area contributed by atoms with Crippen LogP contribution >= 0.6 is 0 Å². The molecule has 0 radical (unpaired) electrons. The molecule has 1 atom stereocenters. The predicted octanol–water partition coefficient (Wildman–Crippen LogP) is 4.63. The van der Waals surface area contributed by atoms with Crippen molar-refractivity contribution in [2.24, 2.45) is 0 Å². The topological polar surface area (TPSA) is 90.0 Å². The number of nitrogens with one attached hydrogen (secondary N) is 2. The third kappa shape index (κ3) is 3.73. The van der Waals surface area contributed by atoms with Gasteiger partial charge in [-0.05, 0) is 64.3 Å². The van der Waals surface area contributed by atoms with Crippen LogP contribution in [0.3, 0.4) is 0 Å². The maximum Gasteiger partial charge on any atom is 0.249 e. The molecule has 0 bridgehead atoms. The first kappa shape index (κ1) is 21.4. The summed E-state index contributed by atoms with van der Waals surface area (Å²) in [5.41, 5.74) is 7.07. The molecule has 2 N–H and O–H groups in total. The number of aryl methyl sites for hydroxylation is 1. The van der Waals surface area contributed by atoms with Crippen molar-refractivity contribution in [2.45, 2.75) is 65.0 Å². The van der Waals surface area contributed by atoms with E-state index < -0.39 is 0 Å². The first-order valence-corrected chi connectivity index (χ1v) is 11.8. The number of aromatic amines is 1. The van der Waals surface area contributed by atoms with Crippen molar-refractivity contribution in [3.05, 3.63) is 41.9 Å². The van der Waals surface area contributed by atoms with E-state index in [-0.39, 0.29) is 18.0 Å². The lowest BCUT2D eigenvalue weighted by Gasteiger charge is -2.42. The fourth-order valence-electron chi connectivity index (χ4n) is 4.82. The van der Waals surface area contributed by atoms with Gasteiger partial charge in [0.25, 0.3) is 0 Å². The Morgan fingerprint density at radius 3 is 2.70 bits per heavy atom. The monoisotopic (exact) mass is 445 g/mol. The number of anilines is 4. The fourth-order valence-corrected chi connectivity index (χ4v) is 4.82. The Bertz CT molecular complexity index is 1200. The molecule has 1 saturated carbocycles. The van der Waals surface area contributed by atoms with Gasteiger partial charge in [-0.2, -0.15) is 5.10 Å². The zero-order valence-corrected chi connectivity index (χ0v) is 19.9. The van der Waals surface area contributed by atoms with Crippen LogP contribution in [0, 0.1) is 0 Å². The van der Waals surface area contributed by atoms with Crippen molar-refractivity contribution < 1.29 is 4.79 Å². The molecule has 3 heterocycles. The number of amides is 1. The average Bonchev–Trinajstić information content (AvgIpc) is 3.55. The number of nitrogens with zero attached hydrogens (tertiary/aromatic N) is 5. The summed E-state index contributed by atoms with van der Waals surface area (Å²) in [6, 6.07) is 7.97.